The first-order chi connectivity index (χ1) is 6.86. The van der Waals surface area contributed by atoms with Crippen LogP contribution in [0.15, 0.2) is 16.8 Å². The van der Waals surface area contributed by atoms with Crippen molar-refractivity contribution in [2.75, 3.05) is 11.4 Å². The lowest BCUT2D eigenvalue weighted by Crippen LogP contribution is -2.35. The van der Waals surface area contributed by atoms with Gasteiger partial charge in [0.25, 0.3) is 0 Å². The molecule has 0 aromatic carbocycles. The Morgan fingerprint density at radius 1 is 1.57 bits per heavy atom. The van der Waals surface area contributed by atoms with Crippen molar-refractivity contribution in [2.24, 2.45) is 0 Å². The zero-order valence-electron chi connectivity index (χ0n) is 7.77. The fourth-order valence-electron chi connectivity index (χ4n) is 2.47. The number of hydrogen-bond acceptors (Lipinski definition) is 3. The Bertz CT molecular complexity index is 349. The zero-order chi connectivity index (χ0) is 9.54. The van der Waals surface area contributed by atoms with Crippen LogP contribution in [0.4, 0.5) is 5.69 Å². The average molecular weight is 208 g/mol. The predicted molar refractivity (Wildman–Crippen MR) is 56.6 cm³/mol. The number of fused-ring (bicyclic) bond motifs is 1. The van der Waals surface area contributed by atoms with Gasteiger partial charge in [0, 0.05) is 17.8 Å². The second-order valence-electron chi connectivity index (χ2n) is 3.87. The number of nitrogens with zero attached hydrogens (tertiary/aromatic N) is 1. The van der Waals surface area contributed by atoms with Gasteiger partial charge in [-0.05, 0) is 24.4 Å². The molecule has 1 N–H and O–H groups in total. The lowest BCUT2D eigenvalue weighted by atomic mass is 10.1. The third-order valence-electron chi connectivity index (χ3n) is 3.09. The van der Waals surface area contributed by atoms with E-state index in [2.05, 4.69) is 10.7 Å². The van der Waals surface area contributed by atoms with E-state index in [1.807, 2.05) is 16.3 Å². The molecular formula is C10H12N2OS. The van der Waals surface area contributed by atoms with E-state index in [-0.39, 0.29) is 5.91 Å². The van der Waals surface area contributed by atoms with Gasteiger partial charge in [-0.15, -0.1) is 0 Å². The molecule has 0 aliphatic carbocycles. The summed E-state index contributed by atoms with van der Waals surface area (Å²) >= 11 is 1.65. The molecule has 0 bridgehead atoms. The molecule has 1 aromatic rings. The molecule has 3 heterocycles. The van der Waals surface area contributed by atoms with Gasteiger partial charge < -0.3 is 10.2 Å². The number of nitrogens with one attached hydrogen (secondary N) is 1. The summed E-state index contributed by atoms with van der Waals surface area (Å²) in [6.45, 7) is 1.04. The van der Waals surface area contributed by atoms with Gasteiger partial charge in [0.05, 0.1) is 11.7 Å². The van der Waals surface area contributed by atoms with Crippen molar-refractivity contribution in [1.82, 2.24) is 5.32 Å². The van der Waals surface area contributed by atoms with E-state index in [9.17, 15) is 4.79 Å². The van der Waals surface area contributed by atoms with Crippen LogP contribution in [0.5, 0.6) is 0 Å². The van der Waals surface area contributed by atoms with Crippen molar-refractivity contribution in [1.29, 1.82) is 0 Å². The summed E-state index contributed by atoms with van der Waals surface area (Å²) < 4.78 is 0. The Labute approximate surface area is 86.7 Å². The minimum atomic E-state index is 0.269. The van der Waals surface area contributed by atoms with Gasteiger partial charge in [0.2, 0.25) is 5.91 Å². The Morgan fingerprint density at radius 2 is 2.50 bits per heavy atom. The van der Waals surface area contributed by atoms with Crippen LogP contribution in [-0.2, 0) is 4.79 Å². The summed E-state index contributed by atoms with van der Waals surface area (Å²) in [5.74, 6) is 0.269. The molecule has 0 unspecified atom stereocenters. The standard InChI is InChI=1S/C10H12N2OS/c13-10-5-8-9(1-3-11-8)12(10)7-2-4-14-6-7/h2,4,6,8-9,11H,1,3,5H2/t8-,9+/m0/s1. The van der Waals surface area contributed by atoms with Crippen LogP contribution in [0.1, 0.15) is 12.8 Å². The average Bonchev–Trinajstić information content (AvgIpc) is 2.78. The Kier molecular flexibility index (Phi) is 1.85. The van der Waals surface area contributed by atoms with Gasteiger partial charge in [-0.1, -0.05) is 0 Å². The number of hydrogen-bond donors (Lipinski definition) is 1. The second-order valence-corrected chi connectivity index (χ2v) is 4.65. The third kappa shape index (κ3) is 1.11. The predicted octanol–water partition coefficient (Wildman–Crippen LogP) is 1.22. The topological polar surface area (TPSA) is 32.3 Å². The van der Waals surface area contributed by atoms with E-state index in [1.54, 1.807) is 11.3 Å². The molecule has 1 amide bonds. The van der Waals surface area contributed by atoms with Gasteiger partial charge in [-0.3, -0.25) is 4.79 Å². The lowest BCUT2D eigenvalue weighted by molar-refractivity contribution is -0.117. The van der Waals surface area contributed by atoms with Crippen LogP contribution >= 0.6 is 11.3 Å². The molecule has 3 rings (SSSR count). The SMILES string of the molecule is O=C1C[C@@H]2NCC[C@H]2N1c1ccsc1. The summed E-state index contributed by atoms with van der Waals surface area (Å²) in [6, 6.07) is 2.82. The molecule has 2 atom stereocenters. The molecular weight excluding hydrogens is 196 g/mol. The van der Waals surface area contributed by atoms with Crippen LogP contribution < -0.4 is 10.2 Å². The number of thiophene rings is 1. The maximum absolute atomic E-state index is 11.8. The molecule has 2 fully saturated rings. The van der Waals surface area contributed by atoms with Gasteiger partial charge in [-0.25, -0.2) is 0 Å². The monoisotopic (exact) mass is 208 g/mol. The minimum absolute atomic E-state index is 0.269. The normalized spacial score (nSPS) is 31.1. The molecule has 0 radical (unpaired) electrons. The largest absolute Gasteiger partial charge is 0.311 e. The molecule has 0 saturated carbocycles. The highest BCUT2D eigenvalue weighted by atomic mass is 32.1. The first-order valence-corrected chi connectivity index (χ1v) is 5.88. The van der Waals surface area contributed by atoms with Crippen molar-refractivity contribution in [2.45, 2.75) is 24.9 Å². The number of amides is 1. The van der Waals surface area contributed by atoms with E-state index in [4.69, 9.17) is 0 Å². The number of carbonyl (C=O) groups is 1. The first-order valence-electron chi connectivity index (χ1n) is 4.94. The second kappa shape index (κ2) is 3.07. The summed E-state index contributed by atoms with van der Waals surface area (Å²) in [7, 11) is 0. The smallest absolute Gasteiger partial charge is 0.228 e. The van der Waals surface area contributed by atoms with E-state index in [1.165, 1.54) is 0 Å². The maximum Gasteiger partial charge on any atom is 0.228 e. The van der Waals surface area contributed by atoms with Crippen molar-refractivity contribution in [3.05, 3.63) is 16.8 Å². The third-order valence-corrected chi connectivity index (χ3v) is 3.76. The lowest BCUT2D eigenvalue weighted by Gasteiger charge is -2.21. The van der Waals surface area contributed by atoms with Crippen LogP contribution in [-0.4, -0.2) is 24.5 Å². The highest BCUT2D eigenvalue weighted by Crippen LogP contribution is 2.32. The summed E-state index contributed by atoms with van der Waals surface area (Å²) in [6.07, 6.45) is 1.76. The van der Waals surface area contributed by atoms with Crippen molar-refractivity contribution < 1.29 is 4.79 Å². The van der Waals surface area contributed by atoms with Crippen LogP contribution in [0.2, 0.25) is 0 Å². The highest BCUT2D eigenvalue weighted by molar-refractivity contribution is 7.08. The molecule has 2 aliphatic heterocycles. The fraction of sp³-hybridized carbons (Fsp3) is 0.500. The summed E-state index contributed by atoms with van der Waals surface area (Å²) in [5, 5.41) is 7.46. The van der Waals surface area contributed by atoms with Crippen LogP contribution in [0.3, 0.4) is 0 Å². The van der Waals surface area contributed by atoms with E-state index in [0.717, 1.165) is 18.7 Å². The van der Waals surface area contributed by atoms with Gasteiger partial charge >= 0.3 is 0 Å². The number of carbonyl (C=O) groups excluding carboxylic acids is 1. The zero-order valence-corrected chi connectivity index (χ0v) is 8.59. The quantitative estimate of drug-likeness (QED) is 0.752. The molecule has 74 valence electrons. The Hall–Kier alpha value is -0.870. The van der Waals surface area contributed by atoms with Gasteiger partial charge in [0.1, 0.15) is 0 Å². The van der Waals surface area contributed by atoms with Crippen molar-refractivity contribution in [3.8, 4) is 0 Å². The molecule has 0 spiro atoms. The van der Waals surface area contributed by atoms with Crippen LogP contribution in [0.25, 0.3) is 0 Å². The van der Waals surface area contributed by atoms with Gasteiger partial charge in [0.15, 0.2) is 0 Å². The molecule has 1 aromatic heterocycles. The Balaban J connectivity index is 1.94. The highest BCUT2D eigenvalue weighted by Gasteiger charge is 2.43. The molecule has 14 heavy (non-hydrogen) atoms. The van der Waals surface area contributed by atoms with E-state index >= 15 is 0 Å². The molecule has 3 nitrogen and oxygen atoms in total. The Morgan fingerprint density at radius 3 is 3.29 bits per heavy atom. The summed E-state index contributed by atoms with van der Waals surface area (Å²) in [5.41, 5.74) is 1.08. The fourth-order valence-corrected chi connectivity index (χ4v) is 3.10. The summed E-state index contributed by atoms with van der Waals surface area (Å²) in [4.78, 5) is 13.8. The molecule has 2 saturated heterocycles. The maximum atomic E-state index is 11.8. The van der Waals surface area contributed by atoms with Crippen molar-refractivity contribution >= 4 is 22.9 Å². The van der Waals surface area contributed by atoms with Gasteiger partial charge in [-0.2, -0.15) is 11.3 Å². The molecule has 2 aliphatic rings. The van der Waals surface area contributed by atoms with E-state index in [0.29, 0.717) is 18.5 Å². The van der Waals surface area contributed by atoms with Crippen LogP contribution in [0, 0.1) is 0 Å². The number of anilines is 1. The van der Waals surface area contributed by atoms with E-state index < -0.39 is 0 Å². The minimum Gasteiger partial charge on any atom is -0.311 e. The number of rotatable bonds is 1. The molecule has 4 heteroatoms. The van der Waals surface area contributed by atoms with Crippen molar-refractivity contribution in [3.63, 3.8) is 0 Å². The first kappa shape index (κ1) is 8.44.